The monoisotopic (exact) mass is 830 g/mol. The smallest absolute Gasteiger partial charge is 0.220 e. The maximum atomic E-state index is 13.0. The standard InChI is InChI=1S/C44H79NO13/c1-3-5-7-9-11-13-15-16-17-18-19-21-23-25-27-33(48)32(45-36(49)28-26-24-22-20-14-12-10-8-6-4-2)31-55-43-41(54)39(52)42(35(30-47)57-43)58-44-40(53)38(51)37(50)34(29-46)56-44/h13,15,18-19,25,27,32-35,37-44,46-48,50-54H,3-12,14,16-17,20-24,26,28-31H2,1-2H3,(H,45,49)/b15-13+,19-18+,27-25+. The van der Waals surface area contributed by atoms with Crippen LogP contribution in [0.4, 0.5) is 0 Å². The van der Waals surface area contributed by atoms with Crippen molar-refractivity contribution in [3.05, 3.63) is 36.5 Å². The molecule has 0 aromatic heterocycles. The van der Waals surface area contributed by atoms with Gasteiger partial charge in [0.1, 0.15) is 48.8 Å². The Labute approximate surface area is 347 Å². The minimum atomic E-state index is -1.79. The van der Waals surface area contributed by atoms with E-state index in [1.54, 1.807) is 6.08 Å². The Morgan fingerprint density at radius 3 is 1.69 bits per heavy atom. The van der Waals surface area contributed by atoms with Crippen LogP contribution in [0.3, 0.4) is 0 Å². The highest BCUT2D eigenvalue weighted by Gasteiger charge is 2.50. The SMILES string of the molecule is CCCCCC/C=C/CC/C=C/CC/C=C/C(O)C(COC1OC(CO)C(OC2OC(CO)C(O)C(O)C2O)C(O)C1O)NC(=O)CCCCCCCCCCCC. The molecule has 0 spiro atoms. The van der Waals surface area contributed by atoms with Crippen molar-refractivity contribution in [2.75, 3.05) is 19.8 Å². The molecule has 0 aliphatic carbocycles. The molecule has 58 heavy (non-hydrogen) atoms. The number of rotatable bonds is 32. The number of carbonyl (C=O) groups is 1. The molecule has 0 radical (unpaired) electrons. The highest BCUT2D eigenvalue weighted by molar-refractivity contribution is 5.76. The Morgan fingerprint density at radius 2 is 1.10 bits per heavy atom. The number of hydrogen-bond donors (Lipinski definition) is 9. The van der Waals surface area contributed by atoms with Crippen molar-refractivity contribution in [3.63, 3.8) is 0 Å². The predicted octanol–water partition coefficient (Wildman–Crippen LogP) is 3.98. The van der Waals surface area contributed by atoms with Crippen LogP contribution < -0.4 is 5.32 Å². The maximum Gasteiger partial charge on any atom is 0.220 e. The van der Waals surface area contributed by atoms with Gasteiger partial charge in [0.2, 0.25) is 5.91 Å². The number of nitrogens with one attached hydrogen (secondary N) is 1. The molecule has 338 valence electrons. The fourth-order valence-corrected chi connectivity index (χ4v) is 7.08. The number of allylic oxidation sites excluding steroid dienone is 5. The lowest BCUT2D eigenvalue weighted by Gasteiger charge is -2.46. The summed E-state index contributed by atoms with van der Waals surface area (Å²) in [6.07, 6.45) is 16.3. The fourth-order valence-electron chi connectivity index (χ4n) is 7.08. The van der Waals surface area contributed by atoms with E-state index in [4.69, 9.17) is 18.9 Å². The summed E-state index contributed by atoms with van der Waals surface area (Å²) in [4.78, 5) is 13.0. The highest BCUT2D eigenvalue weighted by Crippen LogP contribution is 2.30. The van der Waals surface area contributed by atoms with Crippen molar-refractivity contribution in [2.24, 2.45) is 0 Å². The molecule has 2 heterocycles. The minimum absolute atomic E-state index is 0.259. The van der Waals surface area contributed by atoms with Crippen LogP contribution in [0, 0.1) is 0 Å². The predicted molar refractivity (Wildman–Crippen MR) is 221 cm³/mol. The lowest BCUT2D eigenvalue weighted by atomic mass is 9.97. The van der Waals surface area contributed by atoms with Gasteiger partial charge in [0, 0.05) is 6.42 Å². The zero-order chi connectivity index (χ0) is 42.5. The van der Waals surface area contributed by atoms with E-state index < -0.39 is 86.8 Å². The van der Waals surface area contributed by atoms with Crippen LogP contribution in [0.15, 0.2) is 36.5 Å². The van der Waals surface area contributed by atoms with E-state index in [0.29, 0.717) is 12.8 Å². The van der Waals surface area contributed by atoms with Gasteiger partial charge in [-0.1, -0.05) is 127 Å². The molecular formula is C44H79NO13. The first-order valence-electron chi connectivity index (χ1n) is 22.2. The van der Waals surface area contributed by atoms with Crippen LogP contribution in [0.25, 0.3) is 0 Å². The molecule has 2 saturated heterocycles. The van der Waals surface area contributed by atoms with Gasteiger partial charge in [-0.05, 0) is 44.9 Å². The number of ether oxygens (including phenoxy) is 4. The Kier molecular flexibility index (Phi) is 28.9. The van der Waals surface area contributed by atoms with Crippen LogP contribution in [-0.4, -0.2) is 140 Å². The first-order chi connectivity index (χ1) is 28.1. The molecule has 0 bridgehead atoms. The summed E-state index contributed by atoms with van der Waals surface area (Å²) in [6, 6.07) is -0.931. The van der Waals surface area contributed by atoms with E-state index >= 15 is 0 Å². The molecule has 2 fully saturated rings. The van der Waals surface area contributed by atoms with Crippen molar-refractivity contribution >= 4 is 5.91 Å². The van der Waals surface area contributed by atoms with Gasteiger partial charge >= 0.3 is 0 Å². The van der Waals surface area contributed by atoms with Gasteiger partial charge in [0.15, 0.2) is 12.6 Å². The normalized spacial score (nSPS) is 29.1. The fraction of sp³-hybridized carbons (Fsp3) is 0.841. The van der Waals surface area contributed by atoms with Gasteiger partial charge in [-0.15, -0.1) is 0 Å². The Balaban J connectivity index is 1.95. The number of aliphatic hydroxyl groups is 8. The van der Waals surface area contributed by atoms with Crippen LogP contribution in [0.2, 0.25) is 0 Å². The van der Waals surface area contributed by atoms with Crippen molar-refractivity contribution in [2.45, 2.75) is 216 Å². The summed E-state index contributed by atoms with van der Waals surface area (Å²) in [5, 5.41) is 86.3. The van der Waals surface area contributed by atoms with Gasteiger partial charge in [-0.2, -0.15) is 0 Å². The number of hydrogen-bond acceptors (Lipinski definition) is 13. The van der Waals surface area contributed by atoms with Gasteiger partial charge in [0.05, 0.1) is 32.0 Å². The summed E-state index contributed by atoms with van der Waals surface area (Å²) in [5.74, 6) is -0.259. The van der Waals surface area contributed by atoms with E-state index in [-0.39, 0.29) is 18.9 Å². The molecule has 2 aliphatic heterocycles. The maximum absolute atomic E-state index is 13.0. The van der Waals surface area contributed by atoms with Crippen LogP contribution in [-0.2, 0) is 23.7 Å². The van der Waals surface area contributed by atoms with Gasteiger partial charge < -0.3 is 65.1 Å². The summed E-state index contributed by atoms with van der Waals surface area (Å²) in [5.41, 5.74) is 0. The third-order valence-corrected chi connectivity index (χ3v) is 10.8. The molecule has 12 unspecified atom stereocenters. The molecular weight excluding hydrogens is 750 g/mol. The van der Waals surface area contributed by atoms with Gasteiger partial charge in [-0.3, -0.25) is 4.79 Å². The van der Waals surface area contributed by atoms with E-state index in [0.717, 1.165) is 44.9 Å². The topological polar surface area (TPSA) is 228 Å². The molecule has 12 atom stereocenters. The molecule has 14 nitrogen and oxygen atoms in total. The zero-order valence-corrected chi connectivity index (χ0v) is 35.3. The van der Waals surface area contributed by atoms with Crippen molar-refractivity contribution in [3.8, 4) is 0 Å². The lowest BCUT2D eigenvalue weighted by Crippen LogP contribution is -2.65. The van der Waals surface area contributed by atoms with Crippen molar-refractivity contribution < 1.29 is 64.6 Å². The largest absolute Gasteiger partial charge is 0.394 e. The van der Waals surface area contributed by atoms with E-state index in [9.17, 15) is 45.6 Å². The highest BCUT2D eigenvalue weighted by atomic mass is 16.7. The lowest BCUT2D eigenvalue weighted by molar-refractivity contribution is -0.359. The molecule has 0 saturated carbocycles. The quantitative estimate of drug-likeness (QED) is 0.0346. The number of unbranched alkanes of at least 4 members (excludes halogenated alkanes) is 15. The molecule has 2 aliphatic rings. The van der Waals surface area contributed by atoms with E-state index in [2.05, 4.69) is 43.5 Å². The summed E-state index contributed by atoms with van der Waals surface area (Å²) < 4.78 is 22.6. The summed E-state index contributed by atoms with van der Waals surface area (Å²) in [7, 11) is 0. The van der Waals surface area contributed by atoms with E-state index in [1.807, 2.05) is 6.08 Å². The molecule has 14 heteroatoms. The number of carbonyl (C=O) groups excluding carboxylic acids is 1. The second kappa shape index (κ2) is 32.0. The first-order valence-corrected chi connectivity index (χ1v) is 22.2. The van der Waals surface area contributed by atoms with Gasteiger partial charge in [0.25, 0.3) is 0 Å². The average Bonchev–Trinajstić information content (AvgIpc) is 3.22. The van der Waals surface area contributed by atoms with Crippen LogP contribution >= 0.6 is 0 Å². The number of amides is 1. The summed E-state index contributed by atoms with van der Waals surface area (Å²) in [6.45, 7) is 2.68. The Bertz CT molecular complexity index is 1120. The zero-order valence-electron chi connectivity index (χ0n) is 35.3. The van der Waals surface area contributed by atoms with Crippen molar-refractivity contribution in [1.82, 2.24) is 5.32 Å². The molecule has 0 aromatic carbocycles. The second-order valence-corrected chi connectivity index (χ2v) is 15.8. The third kappa shape index (κ3) is 20.2. The second-order valence-electron chi connectivity index (χ2n) is 15.8. The Morgan fingerprint density at radius 1 is 0.603 bits per heavy atom. The van der Waals surface area contributed by atoms with E-state index in [1.165, 1.54) is 64.2 Å². The average molecular weight is 830 g/mol. The molecule has 9 N–H and O–H groups in total. The molecule has 1 amide bonds. The van der Waals surface area contributed by atoms with Crippen LogP contribution in [0.1, 0.15) is 142 Å². The number of aliphatic hydroxyl groups excluding tert-OH is 8. The van der Waals surface area contributed by atoms with Crippen LogP contribution in [0.5, 0.6) is 0 Å². The molecule has 0 aromatic rings. The van der Waals surface area contributed by atoms with Gasteiger partial charge in [-0.25, -0.2) is 0 Å². The molecule has 2 rings (SSSR count). The van der Waals surface area contributed by atoms with Crippen molar-refractivity contribution in [1.29, 1.82) is 0 Å². The summed E-state index contributed by atoms with van der Waals surface area (Å²) >= 11 is 0. The third-order valence-electron chi connectivity index (χ3n) is 10.8. The first kappa shape index (κ1) is 52.3. The minimum Gasteiger partial charge on any atom is -0.394 e. The Hall–Kier alpha value is -1.79.